The summed E-state index contributed by atoms with van der Waals surface area (Å²) in [4.78, 5) is 14.4. The molecule has 0 atom stereocenters. The van der Waals surface area contributed by atoms with Gasteiger partial charge >= 0.3 is 0 Å². The molecule has 0 saturated carbocycles. The first-order valence-corrected chi connectivity index (χ1v) is 7.52. The van der Waals surface area contributed by atoms with Crippen molar-refractivity contribution in [3.05, 3.63) is 28.2 Å². The zero-order chi connectivity index (χ0) is 13.7. The Morgan fingerprint density at radius 3 is 2.74 bits per heavy atom. The maximum atomic E-state index is 11.9. The highest BCUT2D eigenvalue weighted by Crippen LogP contribution is 2.20. The number of anilines is 1. The molecule has 1 amide bonds. The molecule has 19 heavy (non-hydrogen) atoms. The van der Waals surface area contributed by atoms with Crippen LogP contribution < -0.4 is 11.1 Å². The van der Waals surface area contributed by atoms with Crippen LogP contribution >= 0.6 is 15.9 Å². The average Bonchev–Trinajstić information content (AvgIpc) is 2.43. The van der Waals surface area contributed by atoms with E-state index in [-0.39, 0.29) is 5.91 Å². The fourth-order valence-corrected chi connectivity index (χ4v) is 2.54. The monoisotopic (exact) mass is 325 g/mol. The lowest BCUT2D eigenvalue weighted by Gasteiger charge is -2.26. The van der Waals surface area contributed by atoms with Crippen LogP contribution in [-0.2, 0) is 0 Å². The molecule has 1 aromatic carbocycles. The summed E-state index contributed by atoms with van der Waals surface area (Å²) in [5, 5.41) is 2.94. The second kappa shape index (κ2) is 6.91. The smallest absolute Gasteiger partial charge is 0.251 e. The highest BCUT2D eigenvalue weighted by atomic mass is 79.9. The van der Waals surface area contributed by atoms with Crippen molar-refractivity contribution >= 4 is 27.5 Å². The summed E-state index contributed by atoms with van der Waals surface area (Å²) in [5.41, 5.74) is 6.97. The molecule has 2 rings (SSSR count). The van der Waals surface area contributed by atoms with Gasteiger partial charge in [-0.15, -0.1) is 0 Å². The summed E-state index contributed by atoms with van der Waals surface area (Å²) in [7, 11) is 0. The van der Waals surface area contributed by atoms with Crippen molar-refractivity contribution in [3.63, 3.8) is 0 Å². The maximum Gasteiger partial charge on any atom is 0.251 e. The highest BCUT2D eigenvalue weighted by molar-refractivity contribution is 9.10. The molecule has 0 unspecified atom stereocenters. The largest absolute Gasteiger partial charge is 0.398 e. The molecule has 1 aromatic rings. The molecule has 1 aliphatic rings. The number of nitrogens with one attached hydrogen (secondary N) is 1. The molecule has 104 valence electrons. The Labute approximate surface area is 122 Å². The van der Waals surface area contributed by atoms with E-state index >= 15 is 0 Å². The number of benzene rings is 1. The van der Waals surface area contributed by atoms with Crippen LogP contribution in [0.25, 0.3) is 0 Å². The van der Waals surface area contributed by atoms with Crippen molar-refractivity contribution < 1.29 is 4.79 Å². The van der Waals surface area contributed by atoms with Crippen LogP contribution in [0.15, 0.2) is 22.7 Å². The van der Waals surface area contributed by atoms with Gasteiger partial charge < -0.3 is 16.0 Å². The molecule has 0 aliphatic carbocycles. The molecule has 3 N–H and O–H groups in total. The lowest BCUT2D eigenvalue weighted by atomic mass is 10.1. The number of nitrogen functional groups attached to an aromatic ring is 1. The van der Waals surface area contributed by atoms with Crippen molar-refractivity contribution in [1.82, 2.24) is 10.2 Å². The van der Waals surface area contributed by atoms with E-state index in [4.69, 9.17) is 5.73 Å². The summed E-state index contributed by atoms with van der Waals surface area (Å²) in [5.74, 6) is -0.0591. The van der Waals surface area contributed by atoms with Crippen molar-refractivity contribution in [1.29, 1.82) is 0 Å². The molecular weight excluding hydrogens is 306 g/mol. The molecule has 1 saturated heterocycles. The number of carbonyl (C=O) groups excluding carboxylic acids is 1. The fourth-order valence-electron chi connectivity index (χ4n) is 2.30. The Bertz CT molecular complexity index is 444. The summed E-state index contributed by atoms with van der Waals surface area (Å²) < 4.78 is 0.817. The lowest BCUT2D eigenvalue weighted by molar-refractivity contribution is 0.0946. The highest BCUT2D eigenvalue weighted by Gasteiger charge is 2.11. The van der Waals surface area contributed by atoms with Gasteiger partial charge in [0.05, 0.1) is 0 Å². The van der Waals surface area contributed by atoms with Crippen LogP contribution in [0.3, 0.4) is 0 Å². The third-order valence-corrected chi connectivity index (χ3v) is 4.14. The van der Waals surface area contributed by atoms with Crippen LogP contribution in [0.1, 0.15) is 29.6 Å². The predicted octanol–water partition coefficient (Wildman–Crippen LogP) is 2.25. The zero-order valence-electron chi connectivity index (χ0n) is 11.0. The standard InChI is InChI=1S/C14H20BrN3O/c15-12-5-4-11(10-13(12)16)14(19)17-6-9-18-7-2-1-3-8-18/h4-5,10H,1-3,6-9,16H2,(H,17,19). The van der Waals surface area contributed by atoms with Gasteiger partial charge in [0, 0.05) is 28.8 Å². The third kappa shape index (κ3) is 4.21. The maximum absolute atomic E-state index is 11.9. The van der Waals surface area contributed by atoms with E-state index < -0.39 is 0 Å². The van der Waals surface area contributed by atoms with Crippen LogP contribution in [0.5, 0.6) is 0 Å². The van der Waals surface area contributed by atoms with E-state index in [1.807, 2.05) is 0 Å². The minimum absolute atomic E-state index is 0.0591. The Morgan fingerprint density at radius 1 is 1.32 bits per heavy atom. The molecule has 4 nitrogen and oxygen atoms in total. The van der Waals surface area contributed by atoms with Crippen LogP contribution in [-0.4, -0.2) is 37.0 Å². The first kappa shape index (κ1) is 14.3. The SMILES string of the molecule is Nc1cc(C(=O)NCCN2CCCCC2)ccc1Br. The molecule has 1 fully saturated rings. The van der Waals surface area contributed by atoms with E-state index in [0.29, 0.717) is 17.8 Å². The van der Waals surface area contributed by atoms with Crippen molar-refractivity contribution in [2.24, 2.45) is 0 Å². The van der Waals surface area contributed by atoms with E-state index in [0.717, 1.165) is 24.1 Å². The van der Waals surface area contributed by atoms with Gasteiger partial charge in [-0.25, -0.2) is 0 Å². The topological polar surface area (TPSA) is 58.4 Å². The Kier molecular flexibility index (Phi) is 5.22. The third-order valence-electron chi connectivity index (χ3n) is 3.42. The normalized spacial score (nSPS) is 16.3. The molecular formula is C14H20BrN3O. The Balaban J connectivity index is 1.78. The van der Waals surface area contributed by atoms with Crippen LogP contribution in [0.4, 0.5) is 5.69 Å². The van der Waals surface area contributed by atoms with Gasteiger partial charge in [-0.1, -0.05) is 6.42 Å². The van der Waals surface area contributed by atoms with Gasteiger partial charge in [0.15, 0.2) is 0 Å². The first-order chi connectivity index (χ1) is 9.16. The number of carbonyl (C=O) groups is 1. The number of hydrogen-bond donors (Lipinski definition) is 2. The zero-order valence-corrected chi connectivity index (χ0v) is 12.6. The quantitative estimate of drug-likeness (QED) is 0.835. The van der Waals surface area contributed by atoms with Gasteiger partial charge in [-0.2, -0.15) is 0 Å². The molecule has 1 aliphatic heterocycles. The second-order valence-electron chi connectivity index (χ2n) is 4.89. The predicted molar refractivity (Wildman–Crippen MR) is 81.2 cm³/mol. The summed E-state index contributed by atoms with van der Waals surface area (Å²) >= 11 is 3.32. The number of halogens is 1. The van der Waals surface area contributed by atoms with E-state index in [1.54, 1.807) is 18.2 Å². The van der Waals surface area contributed by atoms with Gasteiger partial charge in [0.2, 0.25) is 0 Å². The Hall–Kier alpha value is -1.07. The minimum Gasteiger partial charge on any atom is -0.398 e. The molecule has 0 radical (unpaired) electrons. The summed E-state index contributed by atoms with van der Waals surface area (Å²) in [6, 6.07) is 5.27. The second-order valence-corrected chi connectivity index (χ2v) is 5.75. The van der Waals surface area contributed by atoms with Gasteiger partial charge in [-0.3, -0.25) is 4.79 Å². The Morgan fingerprint density at radius 2 is 2.05 bits per heavy atom. The van der Waals surface area contributed by atoms with Crippen LogP contribution in [0.2, 0.25) is 0 Å². The number of piperidine rings is 1. The number of nitrogens with two attached hydrogens (primary N) is 1. The number of rotatable bonds is 4. The van der Waals surface area contributed by atoms with Gasteiger partial charge in [0.1, 0.15) is 0 Å². The van der Waals surface area contributed by atoms with Gasteiger partial charge in [-0.05, 0) is 60.1 Å². The fraction of sp³-hybridized carbons (Fsp3) is 0.500. The van der Waals surface area contributed by atoms with Crippen molar-refractivity contribution in [2.75, 3.05) is 31.9 Å². The summed E-state index contributed by atoms with van der Waals surface area (Å²) in [6.45, 7) is 3.93. The number of hydrogen-bond acceptors (Lipinski definition) is 3. The lowest BCUT2D eigenvalue weighted by Crippen LogP contribution is -2.37. The van der Waals surface area contributed by atoms with E-state index in [1.165, 1.54) is 19.3 Å². The molecule has 0 spiro atoms. The minimum atomic E-state index is -0.0591. The van der Waals surface area contributed by atoms with Gasteiger partial charge in [0.25, 0.3) is 5.91 Å². The number of likely N-dealkylation sites (tertiary alicyclic amines) is 1. The molecule has 1 heterocycles. The molecule has 0 aromatic heterocycles. The molecule has 5 heteroatoms. The van der Waals surface area contributed by atoms with E-state index in [2.05, 4.69) is 26.1 Å². The molecule has 0 bridgehead atoms. The van der Waals surface area contributed by atoms with Crippen molar-refractivity contribution in [2.45, 2.75) is 19.3 Å². The number of amides is 1. The summed E-state index contributed by atoms with van der Waals surface area (Å²) in [6.07, 6.45) is 3.88. The van der Waals surface area contributed by atoms with Crippen LogP contribution in [0, 0.1) is 0 Å². The number of nitrogens with zero attached hydrogens (tertiary/aromatic N) is 1. The van der Waals surface area contributed by atoms with Crippen molar-refractivity contribution in [3.8, 4) is 0 Å². The first-order valence-electron chi connectivity index (χ1n) is 6.72. The van der Waals surface area contributed by atoms with E-state index in [9.17, 15) is 4.79 Å². The average molecular weight is 326 g/mol.